The molecular weight excluding hydrogens is 334 g/mol. The highest BCUT2D eigenvalue weighted by Gasteiger charge is 2.12. The van der Waals surface area contributed by atoms with Crippen LogP contribution in [-0.4, -0.2) is 22.3 Å². The van der Waals surface area contributed by atoms with E-state index in [9.17, 15) is 9.90 Å². The third-order valence-corrected chi connectivity index (χ3v) is 3.57. The fraction of sp³-hybridized carbons (Fsp3) is 0.105. The first kappa shape index (κ1) is 18.4. The third kappa shape index (κ3) is 5.54. The summed E-state index contributed by atoms with van der Waals surface area (Å²) in [4.78, 5) is 16.4. The zero-order valence-corrected chi connectivity index (χ0v) is 14.8. The monoisotopic (exact) mass is 353 g/mol. The Balaban J connectivity index is 2.08. The summed E-state index contributed by atoms with van der Waals surface area (Å²) in [6.45, 7) is 3.31. The van der Waals surface area contributed by atoms with Crippen molar-refractivity contribution in [1.29, 1.82) is 0 Å². The second-order valence-electron chi connectivity index (χ2n) is 5.32. The summed E-state index contributed by atoms with van der Waals surface area (Å²) >= 11 is 5.13. The van der Waals surface area contributed by atoms with Gasteiger partial charge >= 0.3 is 0 Å². The molecule has 0 saturated carbocycles. The Kier molecular flexibility index (Phi) is 6.42. The van der Waals surface area contributed by atoms with E-state index in [-0.39, 0.29) is 16.4 Å². The van der Waals surface area contributed by atoms with Gasteiger partial charge in [-0.3, -0.25) is 4.79 Å². The molecule has 0 saturated heterocycles. The smallest absolute Gasteiger partial charge is 0.260 e. The van der Waals surface area contributed by atoms with Crippen molar-refractivity contribution in [3.63, 3.8) is 0 Å². The molecule has 6 heteroatoms. The van der Waals surface area contributed by atoms with Crippen molar-refractivity contribution in [2.75, 3.05) is 10.6 Å². The topological polar surface area (TPSA) is 73.7 Å². The molecule has 25 heavy (non-hydrogen) atoms. The Hall–Kier alpha value is -2.99. The molecule has 0 aliphatic heterocycles. The van der Waals surface area contributed by atoms with Crippen LogP contribution >= 0.6 is 12.2 Å². The van der Waals surface area contributed by atoms with E-state index in [0.29, 0.717) is 5.69 Å². The molecule has 0 fully saturated rings. The molecule has 0 aromatic heterocycles. The Labute approximate surface area is 152 Å². The minimum absolute atomic E-state index is 0.0421. The number of aliphatic hydroxyl groups is 1. The van der Waals surface area contributed by atoms with Crippen molar-refractivity contribution < 1.29 is 9.90 Å². The van der Waals surface area contributed by atoms with Crippen LogP contribution in [0.5, 0.6) is 0 Å². The Morgan fingerprint density at radius 2 is 1.72 bits per heavy atom. The van der Waals surface area contributed by atoms with E-state index in [4.69, 9.17) is 12.2 Å². The minimum Gasteiger partial charge on any atom is -0.512 e. The van der Waals surface area contributed by atoms with Gasteiger partial charge in [-0.2, -0.15) is 0 Å². The van der Waals surface area contributed by atoms with Crippen LogP contribution in [0.2, 0.25) is 0 Å². The largest absolute Gasteiger partial charge is 0.512 e. The van der Waals surface area contributed by atoms with Gasteiger partial charge in [-0.05, 0) is 49.8 Å². The van der Waals surface area contributed by atoms with Crippen LogP contribution in [-0.2, 0) is 4.79 Å². The fourth-order valence-corrected chi connectivity index (χ4v) is 2.19. The average molecular weight is 353 g/mol. The molecule has 128 valence electrons. The summed E-state index contributed by atoms with van der Waals surface area (Å²) in [5.74, 6) is -0.599. The number of rotatable bonds is 4. The van der Waals surface area contributed by atoms with Gasteiger partial charge in [0.15, 0.2) is 5.11 Å². The number of benzene rings is 2. The molecule has 0 radical (unpaired) electrons. The lowest BCUT2D eigenvalue weighted by Gasteiger charge is -2.09. The Morgan fingerprint density at radius 1 is 1.08 bits per heavy atom. The van der Waals surface area contributed by atoms with Gasteiger partial charge in [0, 0.05) is 17.6 Å². The van der Waals surface area contributed by atoms with E-state index in [1.54, 1.807) is 6.07 Å². The number of hydrogen-bond donors (Lipinski definition) is 3. The second-order valence-corrected chi connectivity index (χ2v) is 5.71. The first-order valence-electron chi connectivity index (χ1n) is 7.64. The predicted octanol–water partition coefficient (Wildman–Crippen LogP) is 4.23. The highest BCUT2D eigenvalue weighted by Crippen LogP contribution is 2.14. The number of amides is 1. The molecule has 0 aliphatic carbocycles. The third-order valence-electron chi connectivity index (χ3n) is 3.36. The SMILES string of the molecule is CC(O)=C(C=NC(=S)Nc1ccccc1)C(=O)Nc1ccccc1C. The molecule has 0 aliphatic rings. The number of aliphatic imine (C=N–C) groups is 1. The zero-order chi connectivity index (χ0) is 18.2. The van der Waals surface area contributed by atoms with Crippen LogP contribution in [0, 0.1) is 6.92 Å². The zero-order valence-electron chi connectivity index (χ0n) is 14.0. The maximum Gasteiger partial charge on any atom is 0.260 e. The van der Waals surface area contributed by atoms with Crippen LogP contribution in [0.4, 0.5) is 11.4 Å². The quantitative estimate of drug-likeness (QED) is 0.333. The number of hydrogen-bond acceptors (Lipinski definition) is 3. The van der Waals surface area contributed by atoms with Gasteiger partial charge in [-0.25, -0.2) is 4.99 Å². The molecule has 0 heterocycles. The van der Waals surface area contributed by atoms with Gasteiger partial charge in [0.1, 0.15) is 5.76 Å². The number of carbonyl (C=O) groups is 1. The molecular formula is C19H19N3O2S. The molecule has 2 aromatic rings. The van der Waals surface area contributed by atoms with Gasteiger partial charge in [-0.15, -0.1) is 0 Å². The van der Waals surface area contributed by atoms with Crippen molar-refractivity contribution in [2.24, 2.45) is 4.99 Å². The molecule has 2 aromatic carbocycles. The summed E-state index contributed by atoms with van der Waals surface area (Å²) in [5, 5.41) is 15.7. The number of allylic oxidation sites excluding steroid dienone is 1. The van der Waals surface area contributed by atoms with Crippen LogP contribution in [0.3, 0.4) is 0 Å². The highest BCUT2D eigenvalue weighted by molar-refractivity contribution is 7.80. The summed E-state index contributed by atoms with van der Waals surface area (Å²) in [7, 11) is 0. The van der Waals surface area contributed by atoms with E-state index in [0.717, 1.165) is 11.3 Å². The predicted molar refractivity (Wildman–Crippen MR) is 106 cm³/mol. The highest BCUT2D eigenvalue weighted by atomic mass is 32.1. The van der Waals surface area contributed by atoms with E-state index in [2.05, 4.69) is 15.6 Å². The van der Waals surface area contributed by atoms with Crippen LogP contribution < -0.4 is 10.6 Å². The molecule has 0 atom stereocenters. The Morgan fingerprint density at radius 3 is 2.36 bits per heavy atom. The van der Waals surface area contributed by atoms with Gasteiger partial charge in [0.2, 0.25) is 0 Å². The first-order valence-corrected chi connectivity index (χ1v) is 8.05. The van der Waals surface area contributed by atoms with Crippen LogP contribution in [0.1, 0.15) is 12.5 Å². The van der Waals surface area contributed by atoms with Crippen molar-refractivity contribution in [1.82, 2.24) is 0 Å². The van der Waals surface area contributed by atoms with Gasteiger partial charge in [-0.1, -0.05) is 36.4 Å². The molecule has 5 nitrogen and oxygen atoms in total. The van der Waals surface area contributed by atoms with Crippen molar-refractivity contribution in [3.8, 4) is 0 Å². The number of para-hydroxylation sites is 2. The van der Waals surface area contributed by atoms with Gasteiger partial charge in [0.05, 0.1) is 5.57 Å². The number of aryl methyl sites for hydroxylation is 1. The van der Waals surface area contributed by atoms with Crippen LogP contribution in [0.25, 0.3) is 0 Å². The molecule has 2 rings (SSSR count). The number of anilines is 2. The first-order chi connectivity index (χ1) is 12.0. The number of aliphatic hydroxyl groups excluding tert-OH is 1. The van der Waals surface area contributed by atoms with Crippen molar-refractivity contribution in [2.45, 2.75) is 13.8 Å². The van der Waals surface area contributed by atoms with Gasteiger partial charge in [0.25, 0.3) is 5.91 Å². The molecule has 3 N–H and O–H groups in total. The Bertz CT molecular complexity index is 826. The summed E-state index contributed by atoms with van der Waals surface area (Å²) in [5.41, 5.74) is 2.43. The molecule has 0 unspecified atom stereocenters. The van der Waals surface area contributed by atoms with E-state index >= 15 is 0 Å². The maximum atomic E-state index is 12.4. The standard InChI is InChI=1S/C19H19N3O2S/c1-13-8-6-7-11-17(13)22-18(24)16(14(2)23)12-20-19(25)21-15-9-4-3-5-10-15/h3-12,23H,1-2H3,(H,21,25)(H,22,24). The lowest BCUT2D eigenvalue weighted by molar-refractivity contribution is -0.112. The van der Waals surface area contributed by atoms with Crippen molar-refractivity contribution >= 4 is 40.8 Å². The molecule has 0 spiro atoms. The van der Waals surface area contributed by atoms with E-state index in [1.165, 1.54) is 13.1 Å². The summed E-state index contributed by atoms with van der Waals surface area (Å²) in [6, 6.07) is 16.7. The average Bonchev–Trinajstić information content (AvgIpc) is 2.57. The van der Waals surface area contributed by atoms with Gasteiger partial charge < -0.3 is 15.7 Å². The maximum absolute atomic E-state index is 12.4. The number of nitrogens with one attached hydrogen (secondary N) is 2. The minimum atomic E-state index is -0.458. The summed E-state index contributed by atoms with van der Waals surface area (Å²) in [6.07, 6.45) is 1.25. The second kappa shape index (κ2) is 8.75. The molecule has 0 bridgehead atoms. The number of carbonyl (C=O) groups excluding carboxylic acids is 1. The van der Waals surface area contributed by atoms with E-state index in [1.807, 2.05) is 55.5 Å². The number of nitrogens with zero attached hydrogens (tertiary/aromatic N) is 1. The van der Waals surface area contributed by atoms with Crippen molar-refractivity contribution in [3.05, 3.63) is 71.5 Å². The van der Waals surface area contributed by atoms with Crippen LogP contribution in [0.15, 0.2) is 70.9 Å². The van der Waals surface area contributed by atoms with E-state index < -0.39 is 5.91 Å². The molecule has 1 amide bonds. The fourth-order valence-electron chi connectivity index (χ4n) is 2.02. The lowest BCUT2D eigenvalue weighted by Crippen LogP contribution is -2.18. The number of thiocarbonyl (C=S) groups is 1. The lowest BCUT2D eigenvalue weighted by atomic mass is 10.2. The summed E-state index contributed by atoms with van der Waals surface area (Å²) < 4.78 is 0. The normalized spacial score (nSPS) is 11.8.